The van der Waals surface area contributed by atoms with Gasteiger partial charge in [-0.1, -0.05) is 36.4 Å². The number of fused-ring (bicyclic) bond motifs is 1. The van der Waals surface area contributed by atoms with E-state index >= 15 is 0 Å². The molecule has 0 unspecified atom stereocenters. The Bertz CT molecular complexity index is 1310. The first-order valence-electron chi connectivity index (χ1n) is 11.1. The van der Waals surface area contributed by atoms with Gasteiger partial charge in [-0.15, -0.1) is 0 Å². The molecule has 1 aromatic heterocycles. The third-order valence-electron chi connectivity index (χ3n) is 5.70. The van der Waals surface area contributed by atoms with Crippen LogP contribution in [0.5, 0.6) is 5.75 Å². The molecule has 0 amide bonds. The minimum atomic E-state index is -0.886. The number of aryl methyl sites for hydroxylation is 1. The van der Waals surface area contributed by atoms with Gasteiger partial charge in [0.1, 0.15) is 18.1 Å². The summed E-state index contributed by atoms with van der Waals surface area (Å²) >= 11 is 0. The topological polar surface area (TPSA) is 90.4 Å². The zero-order chi connectivity index (χ0) is 23.5. The molecule has 0 aliphatic heterocycles. The molecule has 33 heavy (non-hydrogen) atoms. The van der Waals surface area contributed by atoms with E-state index in [1.807, 2.05) is 41.9 Å². The van der Waals surface area contributed by atoms with Gasteiger partial charge in [-0.2, -0.15) is 5.10 Å². The molecule has 0 aliphatic carbocycles. The second-order valence-corrected chi connectivity index (χ2v) is 8.59. The monoisotopic (exact) mass is 443 g/mol. The van der Waals surface area contributed by atoms with Gasteiger partial charge in [-0.3, -0.25) is 9.48 Å². The van der Waals surface area contributed by atoms with Gasteiger partial charge < -0.3 is 15.6 Å². The number of benzene rings is 3. The molecular weight excluding hydrogens is 414 g/mol. The molecular formula is C27H29N3O3. The summed E-state index contributed by atoms with van der Waals surface area (Å²) in [6, 6.07) is 20.3. The van der Waals surface area contributed by atoms with Gasteiger partial charge in [0.2, 0.25) is 0 Å². The van der Waals surface area contributed by atoms with Crippen molar-refractivity contribution in [2.24, 2.45) is 5.73 Å². The van der Waals surface area contributed by atoms with Crippen LogP contribution < -0.4 is 10.5 Å². The van der Waals surface area contributed by atoms with Crippen molar-refractivity contribution in [3.8, 4) is 16.9 Å². The van der Waals surface area contributed by atoms with E-state index in [0.717, 1.165) is 38.9 Å². The lowest BCUT2D eigenvalue weighted by molar-refractivity contribution is -0.136. The number of carbonyl (C=O) groups is 1. The van der Waals surface area contributed by atoms with Crippen LogP contribution in [0.4, 0.5) is 0 Å². The van der Waals surface area contributed by atoms with Crippen LogP contribution in [0.15, 0.2) is 60.7 Å². The predicted molar refractivity (Wildman–Crippen MR) is 130 cm³/mol. The van der Waals surface area contributed by atoms with Gasteiger partial charge in [0.25, 0.3) is 0 Å². The van der Waals surface area contributed by atoms with E-state index in [9.17, 15) is 9.90 Å². The second kappa shape index (κ2) is 9.46. The number of carboxylic acids is 1. The lowest BCUT2D eigenvalue weighted by Crippen LogP contribution is -2.06. The van der Waals surface area contributed by atoms with Gasteiger partial charge in [0, 0.05) is 23.5 Å². The molecule has 170 valence electrons. The summed E-state index contributed by atoms with van der Waals surface area (Å²) in [5, 5.41) is 15.1. The molecule has 0 saturated carbocycles. The Labute approximate surface area is 193 Å². The van der Waals surface area contributed by atoms with Crippen LogP contribution in [0.3, 0.4) is 0 Å². The number of aromatic nitrogens is 2. The Morgan fingerprint density at radius 2 is 1.88 bits per heavy atom. The number of ether oxygens (including phenoxy) is 1. The van der Waals surface area contributed by atoms with Crippen molar-refractivity contribution in [3.63, 3.8) is 0 Å². The van der Waals surface area contributed by atoms with Crippen molar-refractivity contribution in [2.45, 2.75) is 46.4 Å². The highest BCUT2D eigenvalue weighted by Crippen LogP contribution is 2.30. The Morgan fingerprint density at radius 3 is 2.61 bits per heavy atom. The molecule has 0 radical (unpaired) electrons. The van der Waals surface area contributed by atoms with Crippen LogP contribution in [0, 0.1) is 6.92 Å². The van der Waals surface area contributed by atoms with Crippen molar-refractivity contribution in [3.05, 3.63) is 83.0 Å². The van der Waals surface area contributed by atoms with Crippen molar-refractivity contribution in [1.29, 1.82) is 0 Å². The van der Waals surface area contributed by atoms with Crippen LogP contribution >= 0.6 is 0 Å². The zero-order valence-corrected chi connectivity index (χ0v) is 19.2. The van der Waals surface area contributed by atoms with E-state index in [0.29, 0.717) is 17.9 Å². The summed E-state index contributed by atoms with van der Waals surface area (Å²) in [5.41, 5.74) is 12.6. The number of carboxylic acid groups (broad SMARTS) is 1. The zero-order valence-electron chi connectivity index (χ0n) is 19.2. The maximum atomic E-state index is 11.3. The summed E-state index contributed by atoms with van der Waals surface area (Å²) in [4.78, 5) is 11.3. The highest BCUT2D eigenvalue weighted by molar-refractivity contribution is 5.87. The van der Waals surface area contributed by atoms with E-state index in [4.69, 9.17) is 15.6 Å². The van der Waals surface area contributed by atoms with Crippen molar-refractivity contribution in [1.82, 2.24) is 9.78 Å². The Kier molecular flexibility index (Phi) is 6.47. The molecule has 4 rings (SSSR count). The summed E-state index contributed by atoms with van der Waals surface area (Å²) in [6.45, 7) is 6.90. The van der Waals surface area contributed by atoms with Gasteiger partial charge in [-0.05, 0) is 67.3 Å². The Balaban J connectivity index is 1.73. The van der Waals surface area contributed by atoms with Crippen LogP contribution in [-0.2, 0) is 24.4 Å². The largest absolute Gasteiger partial charge is 0.487 e. The number of aliphatic carboxylic acids is 1. The molecule has 6 heteroatoms. The first-order chi connectivity index (χ1) is 15.9. The minimum Gasteiger partial charge on any atom is -0.487 e. The van der Waals surface area contributed by atoms with Gasteiger partial charge in [-0.25, -0.2) is 0 Å². The lowest BCUT2D eigenvalue weighted by Gasteiger charge is -2.11. The summed E-state index contributed by atoms with van der Waals surface area (Å²) in [6.07, 6.45) is -0.0849. The molecule has 3 N–H and O–H groups in total. The summed E-state index contributed by atoms with van der Waals surface area (Å²) in [7, 11) is 0. The number of hydrogen-bond acceptors (Lipinski definition) is 4. The molecule has 0 spiro atoms. The standard InChI is InChI=1S/C27H29N3O3/c1-17(2)30-25-10-9-21(20-6-4-5-19(12-20)15-28)13-23(25)24(29-30)16-33-26-11-18(3)7-8-22(26)14-27(31)32/h4-13,17H,14-16,28H2,1-3H3,(H,31,32). The van der Waals surface area contributed by atoms with Crippen LogP contribution in [0.25, 0.3) is 22.0 Å². The summed E-state index contributed by atoms with van der Waals surface area (Å²) < 4.78 is 8.13. The van der Waals surface area contributed by atoms with Crippen LogP contribution in [-0.4, -0.2) is 20.9 Å². The van der Waals surface area contributed by atoms with Crippen molar-refractivity contribution < 1.29 is 14.6 Å². The highest BCUT2D eigenvalue weighted by Gasteiger charge is 2.16. The third-order valence-corrected chi connectivity index (χ3v) is 5.70. The van der Waals surface area contributed by atoms with E-state index in [-0.39, 0.29) is 19.1 Å². The molecule has 1 heterocycles. The molecule has 0 aliphatic rings. The van der Waals surface area contributed by atoms with Crippen LogP contribution in [0.1, 0.15) is 42.3 Å². The fourth-order valence-electron chi connectivity index (χ4n) is 4.01. The number of rotatable bonds is 8. The number of nitrogens with two attached hydrogens (primary N) is 1. The van der Waals surface area contributed by atoms with Crippen molar-refractivity contribution in [2.75, 3.05) is 0 Å². The minimum absolute atomic E-state index is 0.0849. The van der Waals surface area contributed by atoms with E-state index in [2.05, 4.69) is 44.2 Å². The van der Waals surface area contributed by atoms with Gasteiger partial charge in [0.05, 0.1) is 11.9 Å². The van der Waals surface area contributed by atoms with Crippen molar-refractivity contribution >= 4 is 16.9 Å². The average Bonchev–Trinajstić information content (AvgIpc) is 3.17. The molecule has 0 saturated heterocycles. The van der Waals surface area contributed by atoms with Crippen LogP contribution in [0.2, 0.25) is 0 Å². The van der Waals surface area contributed by atoms with E-state index in [1.54, 1.807) is 0 Å². The lowest BCUT2D eigenvalue weighted by atomic mass is 10.0. The van der Waals surface area contributed by atoms with E-state index < -0.39 is 5.97 Å². The average molecular weight is 444 g/mol. The third kappa shape index (κ3) is 4.91. The van der Waals surface area contributed by atoms with Gasteiger partial charge >= 0.3 is 5.97 Å². The Morgan fingerprint density at radius 1 is 1.09 bits per heavy atom. The first-order valence-corrected chi connectivity index (χ1v) is 11.1. The quantitative estimate of drug-likeness (QED) is 0.388. The summed E-state index contributed by atoms with van der Waals surface area (Å²) in [5.74, 6) is -0.306. The number of hydrogen-bond donors (Lipinski definition) is 2. The molecule has 6 nitrogen and oxygen atoms in total. The molecule has 0 atom stereocenters. The SMILES string of the molecule is Cc1ccc(CC(=O)O)c(OCc2nn(C(C)C)c3ccc(-c4cccc(CN)c4)cc23)c1. The number of nitrogens with zero attached hydrogens (tertiary/aromatic N) is 2. The molecule has 0 fully saturated rings. The van der Waals surface area contributed by atoms with Gasteiger partial charge in [0.15, 0.2) is 0 Å². The fraction of sp³-hybridized carbons (Fsp3) is 0.259. The molecule has 4 aromatic rings. The van der Waals surface area contributed by atoms with E-state index in [1.165, 1.54) is 0 Å². The Hall–Kier alpha value is -3.64. The highest BCUT2D eigenvalue weighted by atomic mass is 16.5. The predicted octanol–water partition coefficient (Wildman–Crippen LogP) is 5.26. The first kappa shape index (κ1) is 22.6. The molecule has 0 bridgehead atoms. The maximum absolute atomic E-state index is 11.3. The normalized spacial score (nSPS) is 11.3. The maximum Gasteiger partial charge on any atom is 0.307 e. The second-order valence-electron chi connectivity index (χ2n) is 8.59. The fourth-order valence-corrected chi connectivity index (χ4v) is 4.01. The molecule has 3 aromatic carbocycles. The smallest absolute Gasteiger partial charge is 0.307 e.